The second kappa shape index (κ2) is 4.47. The number of carbonyl (C=O) groups excluding carboxylic acids is 1. The molecule has 0 saturated carbocycles. The van der Waals surface area contributed by atoms with Gasteiger partial charge >= 0.3 is 0 Å². The summed E-state index contributed by atoms with van der Waals surface area (Å²) >= 11 is 0. The highest BCUT2D eigenvalue weighted by Gasteiger charge is 2.34. The standard InChI is InChI=1S/C10H20N4O/c1-13-8-2-3-9(13)6-14(5-4-8)7-10(15)12-11/h8-9H,2-7,11H2,1H3,(H,12,15). The molecule has 2 saturated heterocycles. The van der Waals surface area contributed by atoms with Crippen LogP contribution in [0.1, 0.15) is 19.3 Å². The number of nitrogens with two attached hydrogens (primary N) is 1. The van der Waals surface area contributed by atoms with Crippen molar-refractivity contribution in [3.63, 3.8) is 0 Å². The Balaban J connectivity index is 1.92. The largest absolute Gasteiger partial charge is 0.299 e. The number of carbonyl (C=O) groups is 1. The predicted octanol–water partition coefficient (Wildman–Crippen LogP) is -0.855. The maximum atomic E-state index is 11.2. The Morgan fingerprint density at radius 2 is 2.13 bits per heavy atom. The number of hydrogen-bond donors (Lipinski definition) is 2. The minimum absolute atomic E-state index is 0.0876. The first-order valence-corrected chi connectivity index (χ1v) is 5.64. The number of hydrazine groups is 1. The number of nitrogens with one attached hydrogen (secondary N) is 1. The van der Waals surface area contributed by atoms with E-state index in [-0.39, 0.29) is 5.91 Å². The van der Waals surface area contributed by atoms with Crippen molar-refractivity contribution in [2.45, 2.75) is 31.3 Å². The van der Waals surface area contributed by atoms with Crippen molar-refractivity contribution in [1.82, 2.24) is 15.2 Å². The Morgan fingerprint density at radius 3 is 2.87 bits per heavy atom. The van der Waals surface area contributed by atoms with Crippen molar-refractivity contribution in [2.24, 2.45) is 5.84 Å². The average Bonchev–Trinajstić information content (AvgIpc) is 2.46. The summed E-state index contributed by atoms with van der Waals surface area (Å²) in [6.07, 6.45) is 3.75. The molecule has 2 bridgehead atoms. The molecule has 2 unspecified atom stereocenters. The fourth-order valence-electron chi connectivity index (χ4n) is 2.77. The van der Waals surface area contributed by atoms with E-state index in [0.29, 0.717) is 12.6 Å². The fraction of sp³-hybridized carbons (Fsp3) is 0.900. The molecule has 0 spiro atoms. The molecule has 5 nitrogen and oxygen atoms in total. The van der Waals surface area contributed by atoms with E-state index in [1.807, 2.05) is 0 Å². The number of fused-ring (bicyclic) bond motifs is 2. The van der Waals surface area contributed by atoms with Crippen molar-refractivity contribution in [3.8, 4) is 0 Å². The molecule has 2 heterocycles. The van der Waals surface area contributed by atoms with E-state index in [1.54, 1.807) is 0 Å². The smallest absolute Gasteiger partial charge is 0.248 e. The molecule has 2 atom stereocenters. The third-order valence-corrected chi connectivity index (χ3v) is 3.76. The number of hydrogen-bond acceptors (Lipinski definition) is 4. The Morgan fingerprint density at radius 1 is 1.40 bits per heavy atom. The zero-order valence-electron chi connectivity index (χ0n) is 9.28. The lowest BCUT2D eigenvalue weighted by Gasteiger charge is -2.24. The van der Waals surface area contributed by atoms with Gasteiger partial charge in [-0.25, -0.2) is 5.84 Å². The van der Waals surface area contributed by atoms with Crippen molar-refractivity contribution in [3.05, 3.63) is 0 Å². The van der Waals surface area contributed by atoms with E-state index in [9.17, 15) is 4.79 Å². The minimum Gasteiger partial charge on any atom is -0.299 e. The van der Waals surface area contributed by atoms with Crippen LogP contribution in [-0.4, -0.2) is 54.5 Å². The van der Waals surface area contributed by atoms with Gasteiger partial charge in [-0.1, -0.05) is 0 Å². The van der Waals surface area contributed by atoms with Gasteiger partial charge in [0.1, 0.15) is 0 Å². The molecule has 0 aromatic carbocycles. The SMILES string of the molecule is CN1C2CCC1CN(CC(=O)NN)CC2. The highest BCUT2D eigenvalue weighted by atomic mass is 16.2. The van der Waals surface area contributed by atoms with Gasteiger partial charge in [0.2, 0.25) is 5.91 Å². The van der Waals surface area contributed by atoms with Crippen LogP contribution in [0.5, 0.6) is 0 Å². The quantitative estimate of drug-likeness (QED) is 0.355. The van der Waals surface area contributed by atoms with Crippen LogP contribution in [0.15, 0.2) is 0 Å². The molecular weight excluding hydrogens is 192 g/mol. The second-order valence-corrected chi connectivity index (χ2v) is 4.64. The van der Waals surface area contributed by atoms with Gasteiger partial charge in [-0.05, 0) is 26.3 Å². The summed E-state index contributed by atoms with van der Waals surface area (Å²) in [7, 11) is 2.20. The molecule has 86 valence electrons. The monoisotopic (exact) mass is 212 g/mol. The zero-order chi connectivity index (χ0) is 10.8. The molecule has 3 N–H and O–H groups in total. The van der Waals surface area contributed by atoms with Crippen molar-refractivity contribution in [1.29, 1.82) is 0 Å². The summed E-state index contributed by atoms with van der Waals surface area (Å²) in [5.41, 5.74) is 2.19. The van der Waals surface area contributed by atoms with Crippen LogP contribution in [0.2, 0.25) is 0 Å². The van der Waals surface area contributed by atoms with Crippen LogP contribution < -0.4 is 11.3 Å². The van der Waals surface area contributed by atoms with Gasteiger partial charge in [-0.2, -0.15) is 0 Å². The maximum Gasteiger partial charge on any atom is 0.248 e. The third-order valence-electron chi connectivity index (χ3n) is 3.76. The van der Waals surface area contributed by atoms with Gasteiger partial charge in [-0.15, -0.1) is 0 Å². The molecule has 2 fully saturated rings. The Labute approximate surface area is 90.6 Å². The molecule has 2 aliphatic heterocycles. The highest BCUT2D eigenvalue weighted by molar-refractivity contribution is 5.77. The van der Waals surface area contributed by atoms with E-state index in [1.165, 1.54) is 19.3 Å². The Bertz CT molecular complexity index is 246. The van der Waals surface area contributed by atoms with Gasteiger partial charge in [-0.3, -0.25) is 20.0 Å². The number of amides is 1. The maximum absolute atomic E-state index is 11.2. The number of nitrogens with zero attached hydrogens (tertiary/aromatic N) is 2. The lowest BCUT2D eigenvalue weighted by Crippen LogP contribution is -2.43. The van der Waals surface area contributed by atoms with Crippen molar-refractivity contribution in [2.75, 3.05) is 26.7 Å². The summed E-state index contributed by atoms with van der Waals surface area (Å²) in [6, 6.07) is 1.35. The highest BCUT2D eigenvalue weighted by Crippen LogP contribution is 2.28. The van der Waals surface area contributed by atoms with Gasteiger partial charge in [0.05, 0.1) is 6.54 Å². The number of likely N-dealkylation sites (tertiary alicyclic amines) is 1. The molecule has 0 aliphatic carbocycles. The molecule has 2 aliphatic rings. The van der Waals surface area contributed by atoms with Gasteiger partial charge in [0.15, 0.2) is 0 Å². The van der Waals surface area contributed by atoms with Gasteiger partial charge < -0.3 is 0 Å². The van der Waals surface area contributed by atoms with Gasteiger partial charge in [0.25, 0.3) is 0 Å². The molecule has 0 aromatic heterocycles. The predicted molar refractivity (Wildman–Crippen MR) is 58.0 cm³/mol. The summed E-state index contributed by atoms with van der Waals surface area (Å²) in [6.45, 7) is 2.45. The zero-order valence-corrected chi connectivity index (χ0v) is 9.28. The van der Waals surface area contributed by atoms with E-state index in [0.717, 1.165) is 19.1 Å². The molecule has 2 rings (SSSR count). The minimum atomic E-state index is -0.0876. The first-order chi connectivity index (χ1) is 7.20. The normalized spacial score (nSPS) is 32.7. The van der Waals surface area contributed by atoms with Crippen LogP contribution in [-0.2, 0) is 4.79 Å². The lowest BCUT2D eigenvalue weighted by molar-refractivity contribution is -0.122. The van der Waals surface area contributed by atoms with Crippen LogP contribution >= 0.6 is 0 Å². The average molecular weight is 212 g/mol. The summed E-state index contributed by atoms with van der Waals surface area (Å²) in [5.74, 6) is 5.01. The number of likely N-dealkylation sites (N-methyl/N-ethyl adjacent to an activating group) is 1. The topological polar surface area (TPSA) is 61.6 Å². The van der Waals surface area contributed by atoms with Crippen LogP contribution in [0.25, 0.3) is 0 Å². The fourth-order valence-corrected chi connectivity index (χ4v) is 2.77. The Hall–Kier alpha value is -0.650. The first-order valence-electron chi connectivity index (χ1n) is 5.64. The lowest BCUT2D eigenvalue weighted by atomic mass is 10.1. The third kappa shape index (κ3) is 2.30. The Kier molecular flexibility index (Phi) is 3.23. The molecule has 0 aromatic rings. The van der Waals surface area contributed by atoms with Crippen LogP contribution in [0, 0.1) is 0 Å². The first kappa shape index (κ1) is 10.9. The van der Waals surface area contributed by atoms with Crippen LogP contribution in [0.3, 0.4) is 0 Å². The summed E-state index contributed by atoms with van der Waals surface area (Å²) < 4.78 is 0. The van der Waals surface area contributed by atoms with Crippen molar-refractivity contribution >= 4 is 5.91 Å². The number of rotatable bonds is 2. The summed E-state index contributed by atoms with van der Waals surface area (Å²) in [5, 5.41) is 0. The van der Waals surface area contributed by atoms with E-state index < -0.39 is 0 Å². The molecule has 15 heavy (non-hydrogen) atoms. The van der Waals surface area contributed by atoms with E-state index >= 15 is 0 Å². The molecular formula is C10H20N4O. The molecule has 0 radical (unpaired) electrons. The second-order valence-electron chi connectivity index (χ2n) is 4.64. The van der Waals surface area contributed by atoms with Gasteiger partial charge in [0, 0.05) is 25.2 Å². The van der Waals surface area contributed by atoms with Crippen molar-refractivity contribution < 1.29 is 4.79 Å². The summed E-state index contributed by atoms with van der Waals surface area (Å²) in [4.78, 5) is 15.9. The molecule has 1 amide bonds. The van der Waals surface area contributed by atoms with E-state index in [4.69, 9.17) is 5.84 Å². The van der Waals surface area contributed by atoms with Crippen LogP contribution in [0.4, 0.5) is 0 Å². The van der Waals surface area contributed by atoms with E-state index in [2.05, 4.69) is 22.3 Å². The molecule has 5 heteroatoms.